The standard InChI is InChI=1S/C21H28O3/c1-16(22)20(12-13-20)10-4-8-17-6-2-3-7-18(17)9-5-11-21(14-15-21)19(23)24/h2-3,6-7H,4-5,8-15H2,1H3,(H,23,24). The molecule has 0 aliphatic heterocycles. The normalized spacial score (nSPS) is 19.7. The second kappa shape index (κ2) is 6.70. The highest BCUT2D eigenvalue weighted by Gasteiger charge is 2.49. The molecule has 0 heterocycles. The lowest BCUT2D eigenvalue weighted by atomic mass is 9.91. The molecule has 2 aliphatic rings. The molecule has 0 saturated heterocycles. The van der Waals surface area contributed by atoms with Crippen LogP contribution in [-0.2, 0) is 22.4 Å². The summed E-state index contributed by atoms with van der Waals surface area (Å²) >= 11 is 0. The van der Waals surface area contributed by atoms with E-state index in [0.29, 0.717) is 5.78 Å². The van der Waals surface area contributed by atoms with Gasteiger partial charge in [0, 0.05) is 5.41 Å². The van der Waals surface area contributed by atoms with Crippen LogP contribution in [0.15, 0.2) is 24.3 Å². The molecular weight excluding hydrogens is 300 g/mol. The fraction of sp³-hybridized carbons (Fsp3) is 0.619. The van der Waals surface area contributed by atoms with Crippen molar-refractivity contribution < 1.29 is 14.7 Å². The van der Waals surface area contributed by atoms with Gasteiger partial charge in [-0.2, -0.15) is 0 Å². The minimum atomic E-state index is -0.616. The summed E-state index contributed by atoms with van der Waals surface area (Å²) in [5.74, 6) is -0.256. The summed E-state index contributed by atoms with van der Waals surface area (Å²) in [7, 11) is 0. The lowest BCUT2D eigenvalue weighted by Crippen LogP contribution is -2.14. The van der Waals surface area contributed by atoms with Gasteiger partial charge in [-0.15, -0.1) is 0 Å². The van der Waals surface area contributed by atoms with Crippen molar-refractivity contribution in [2.45, 2.75) is 71.1 Å². The van der Waals surface area contributed by atoms with Gasteiger partial charge in [0.2, 0.25) is 0 Å². The number of benzene rings is 1. The number of carbonyl (C=O) groups excluding carboxylic acids is 1. The van der Waals surface area contributed by atoms with Crippen molar-refractivity contribution in [3.05, 3.63) is 35.4 Å². The summed E-state index contributed by atoms with van der Waals surface area (Å²) in [4.78, 5) is 22.9. The molecule has 1 N–H and O–H groups in total. The van der Waals surface area contributed by atoms with Crippen LogP contribution in [0.1, 0.15) is 69.4 Å². The summed E-state index contributed by atoms with van der Waals surface area (Å²) in [6.07, 6.45) is 9.63. The highest BCUT2D eigenvalue weighted by Crippen LogP contribution is 2.51. The Morgan fingerprint density at radius 3 is 1.75 bits per heavy atom. The molecule has 2 fully saturated rings. The van der Waals surface area contributed by atoms with Gasteiger partial charge in [0.25, 0.3) is 0 Å². The van der Waals surface area contributed by atoms with E-state index in [1.807, 2.05) is 0 Å². The molecule has 0 radical (unpaired) electrons. The van der Waals surface area contributed by atoms with E-state index in [2.05, 4.69) is 24.3 Å². The summed E-state index contributed by atoms with van der Waals surface area (Å²) in [6.45, 7) is 1.73. The molecule has 3 nitrogen and oxygen atoms in total. The molecule has 0 unspecified atom stereocenters. The van der Waals surface area contributed by atoms with Crippen molar-refractivity contribution in [1.82, 2.24) is 0 Å². The van der Waals surface area contributed by atoms with E-state index in [1.165, 1.54) is 11.1 Å². The number of carbonyl (C=O) groups is 2. The predicted molar refractivity (Wildman–Crippen MR) is 94.0 cm³/mol. The Kier molecular flexibility index (Phi) is 4.80. The van der Waals surface area contributed by atoms with Crippen molar-refractivity contribution in [2.24, 2.45) is 10.8 Å². The lowest BCUT2D eigenvalue weighted by Gasteiger charge is -2.14. The molecule has 3 heteroatoms. The second-order valence-corrected chi connectivity index (χ2v) is 7.90. The quantitative estimate of drug-likeness (QED) is 0.684. The molecule has 1 aromatic carbocycles. The summed E-state index contributed by atoms with van der Waals surface area (Å²) in [5.41, 5.74) is 2.33. The highest BCUT2D eigenvalue weighted by molar-refractivity contribution is 5.84. The van der Waals surface area contributed by atoms with E-state index >= 15 is 0 Å². The Hall–Kier alpha value is -1.64. The molecule has 0 aromatic heterocycles. The number of ketones is 1. The minimum absolute atomic E-state index is 0.00872. The smallest absolute Gasteiger partial charge is 0.309 e. The zero-order valence-corrected chi connectivity index (χ0v) is 14.6. The van der Waals surface area contributed by atoms with Gasteiger partial charge >= 0.3 is 5.97 Å². The molecule has 2 aliphatic carbocycles. The average molecular weight is 328 g/mol. The zero-order valence-electron chi connectivity index (χ0n) is 14.6. The molecule has 0 amide bonds. The van der Waals surface area contributed by atoms with Crippen molar-refractivity contribution >= 4 is 11.8 Å². The molecular formula is C21H28O3. The van der Waals surface area contributed by atoms with Crippen molar-refractivity contribution in [1.29, 1.82) is 0 Å². The number of carboxylic acid groups (broad SMARTS) is 1. The van der Waals surface area contributed by atoms with Crippen LogP contribution in [0, 0.1) is 10.8 Å². The van der Waals surface area contributed by atoms with Gasteiger partial charge in [-0.3, -0.25) is 9.59 Å². The number of aliphatic carboxylic acids is 1. The maximum absolute atomic E-state index is 11.7. The third-order valence-electron chi connectivity index (χ3n) is 6.23. The van der Waals surface area contributed by atoms with E-state index in [4.69, 9.17) is 0 Å². The van der Waals surface area contributed by atoms with Crippen LogP contribution in [0.3, 0.4) is 0 Å². The third kappa shape index (κ3) is 3.71. The third-order valence-corrected chi connectivity index (χ3v) is 6.23. The van der Waals surface area contributed by atoms with Crippen LogP contribution >= 0.6 is 0 Å². The van der Waals surface area contributed by atoms with Gasteiger partial charge in [0.05, 0.1) is 5.41 Å². The largest absolute Gasteiger partial charge is 0.481 e. The van der Waals surface area contributed by atoms with Gasteiger partial charge in [-0.25, -0.2) is 0 Å². The topological polar surface area (TPSA) is 54.4 Å². The first-order chi connectivity index (χ1) is 11.5. The highest BCUT2D eigenvalue weighted by atomic mass is 16.4. The maximum atomic E-state index is 11.7. The number of Topliss-reactive ketones (excluding diaryl/α,β-unsaturated/α-hetero) is 1. The van der Waals surface area contributed by atoms with E-state index < -0.39 is 11.4 Å². The van der Waals surface area contributed by atoms with E-state index in [9.17, 15) is 14.7 Å². The van der Waals surface area contributed by atoms with Crippen LogP contribution in [0.25, 0.3) is 0 Å². The fourth-order valence-corrected chi connectivity index (χ4v) is 3.93. The van der Waals surface area contributed by atoms with Crippen LogP contribution in [0.5, 0.6) is 0 Å². The molecule has 3 rings (SSSR count). The molecule has 1 aromatic rings. The first kappa shape index (κ1) is 17.2. The monoisotopic (exact) mass is 328 g/mol. The Bertz CT molecular complexity index is 569. The average Bonchev–Trinajstić information content (AvgIpc) is 3.43. The Morgan fingerprint density at radius 2 is 1.38 bits per heavy atom. The molecule has 0 bridgehead atoms. The van der Waals surface area contributed by atoms with Crippen LogP contribution < -0.4 is 0 Å². The van der Waals surface area contributed by atoms with Crippen LogP contribution in [0.2, 0.25) is 0 Å². The SMILES string of the molecule is CC(=O)C1(CCCc2ccccc2CCCC2(C(=O)O)CC2)CC1. The predicted octanol–water partition coefficient (Wildman–Crippen LogP) is 4.57. The molecule has 24 heavy (non-hydrogen) atoms. The van der Waals surface area contributed by atoms with Crippen LogP contribution in [-0.4, -0.2) is 16.9 Å². The van der Waals surface area contributed by atoms with Crippen molar-refractivity contribution in [3.63, 3.8) is 0 Å². The lowest BCUT2D eigenvalue weighted by molar-refractivity contribution is -0.143. The van der Waals surface area contributed by atoms with Gasteiger partial charge in [0.15, 0.2) is 0 Å². The van der Waals surface area contributed by atoms with Gasteiger partial charge < -0.3 is 5.11 Å². The number of carboxylic acids is 1. The number of hydrogen-bond acceptors (Lipinski definition) is 2. The molecule has 2 saturated carbocycles. The Labute approximate surface area is 144 Å². The van der Waals surface area contributed by atoms with Crippen LogP contribution in [0.4, 0.5) is 0 Å². The fourth-order valence-electron chi connectivity index (χ4n) is 3.93. The van der Waals surface area contributed by atoms with Gasteiger partial charge in [-0.05, 0) is 82.3 Å². The maximum Gasteiger partial charge on any atom is 0.309 e. The van der Waals surface area contributed by atoms with Gasteiger partial charge in [-0.1, -0.05) is 24.3 Å². The second-order valence-electron chi connectivity index (χ2n) is 7.90. The Balaban J connectivity index is 1.50. The molecule has 0 spiro atoms. The minimum Gasteiger partial charge on any atom is -0.481 e. The van der Waals surface area contributed by atoms with E-state index in [-0.39, 0.29) is 5.41 Å². The van der Waals surface area contributed by atoms with E-state index in [1.54, 1.807) is 6.92 Å². The number of rotatable bonds is 10. The Morgan fingerprint density at radius 1 is 0.917 bits per heavy atom. The summed E-state index contributed by atoms with van der Waals surface area (Å²) < 4.78 is 0. The summed E-state index contributed by atoms with van der Waals surface area (Å²) in [6, 6.07) is 8.51. The van der Waals surface area contributed by atoms with Crippen molar-refractivity contribution in [2.75, 3.05) is 0 Å². The molecule has 0 atom stereocenters. The zero-order chi connectivity index (χ0) is 17.2. The first-order valence-corrected chi connectivity index (χ1v) is 9.29. The first-order valence-electron chi connectivity index (χ1n) is 9.29. The van der Waals surface area contributed by atoms with E-state index in [0.717, 1.165) is 64.2 Å². The van der Waals surface area contributed by atoms with Gasteiger partial charge in [0.1, 0.15) is 5.78 Å². The molecule has 130 valence electrons. The number of aryl methyl sites for hydroxylation is 2. The summed E-state index contributed by atoms with van der Waals surface area (Å²) in [5, 5.41) is 9.27. The number of hydrogen-bond donors (Lipinski definition) is 1. The van der Waals surface area contributed by atoms with Crippen molar-refractivity contribution in [3.8, 4) is 0 Å².